The zero-order valence-electron chi connectivity index (χ0n) is 8.64. The molecule has 0 fully saturated rings. The Morgan fingerprint density at radius 1 is 1.47 bits per heavy atom. The van der Waals surface area contributed by atoms with Gasteiger partial charge in [-0.05, 0) is 11.6 Å². The standard InChI is InChI=1S/C9H14N2O3S/c1-11(15(2,13)14)9-5-8(12)4-3-7(9)6-10/h3-5,12H,6,10H2,1-2H3. The Kier molecular flexibility index (Phi) is 3.21. The number of aromatic hydroxyl groups is 1. The maximum absolute atomic E-state index is 11.3. The summed E-state index contributed by atoms with van der Waals surface area (Å²) < 4.78 is 23.7. The number of rotatable bonds is 3. The number of sulfonamides is 1. The lowest BCUT2D eigenvalue weighted by molar-refractivity contribution is 0.475. The Bertz CT molecular complexity index is 456. The minimum Gasteiger partial charge on any atom is -0.508 e. The van der Waals surface area contributed by atoms with Gasteiger partial charge < -0.3 is 10.8 Å². The van der Waals surface area contributed by atoms with Crippen molar-refractivity contribution in [2.75, 3.05) is 17.6 Å². The second kappa shape index (κ2) is 4.08. The van der Waals surface area contributed by atoms with Gasteiger partial charge in [0.2, 0.25) is 10.0 Å². The van der Waals surface area contributed by atoms with Crippen LogP contribution in [-0.4, -0.2) is 26.8 Å². The van der Waals surface area contributed by atoms with Crippen molar-refractivity contribution in [2.24, 2.45) is 5.73 Å². The van der Waals surface area contributed by atoms with Gasteiger partial charge in [-0.1, -0.05) is 6.07 Å². The topological polar surface area (TPSA) is 83.6 Å². The molecule has 1 rings (SSSR count). The molecule has 0 aliphatic carbocycles. The molecular weight excluding hydrogens is 216 g/mol. The van der Waals surface area contributed by atoms with Gasteiger partial charge in [-0.3, -0.25) is 4.31 Å². The van der Waals surface area contributed by atoms with E-state index in [1.54, 1.807) is 6.07 Å². The zero-order chi connectivity index (χ0) is 11.6. The Morgan fingerprint density at radius 3 is 2.53 bits per heavy atom. The highest BCUT2D eigenvalue weighted by Gasteiger charge is 2.15. The average molecular weight is 230 g/mol. The predicted octanol–water partition coefficient (Wildman–Crippen LogP) is 0.247. The highest BCUT2D eigenvalue weighted by Crippen LogP contribution is 2.25. The molecule has 0 aliphatic heterocycles. The lowest BCUT2D eigenvalue weighted by Gasteiger charge is -2.19. The number of phenolic OH excluding ortho intramolecular Hbond substituents is 1. The number of hydrogen-bond acceptors (Lipinski definition) is 4. The van der Waals surface area contributed by atoms with Gasteiger partial charge in [-0.2, -0.15) is 0 Å². The van der Waals surface area contributed by atoms with Gasteiger partial charge in [0.25, 0.3) is 0 Å². The van der Waals surface area contributed by atoms with Gasteiger partial charge in [-0.15, -0.1) is 0 Å². The summed E-state index contributed by atoms with van der Waals surface area (Å²) in [6, 6.07) is 4.46. The van der Waals surface area contributed by atoms with Crippen LogP contribution in [0.1, 0.15) is 5.56 Å². The van der Waals surface area contributed by atoms with E-state index in [0.717, 1.165) is 10.6 Å². The Balaban J connectivity index is 3.29. The van der Waals surface area contributed by atoms with Crippen molar-refractivity contribution in [1.82, 2.24) is 0 Å². The number of nitrogens with zero attached hydrogens (tertiary/aromatic N) is 1. The van der Waals surface area contributed by atoms with E-state index in [1.807, 2.05) is 0 Å². The molecule has 1 aromatic rings. The molecule has 0 radical (unpaired) electrons. The van der Waals surface area contributed by atoms with Crippen LogP contribution in [0.25, 0.3) is 0 Å². The van der Waals surface area contributed by atoms with Gasteiger partial charge >= 0.3 is 0 Å². The number of hydrogen-bond donors (Lipinski definition) is 2. The summed E-state index contributed by atoms with van der Waals surface area (Å²) in [5.41, 5.74) is 6.55. The first-order valence-corrected chi connectivity index (χ1v) is 6.17. The van der Waals surface area contributed by atoms with Crippen molar-refractivity contribution >= 4 is 15.7 Å². The number of anilines is 1. The molecule has 0 saturated carbocycles. The molecule has 0 atom stereocenters. The Morgan fingerprint density at radius 2 is 2.07 bits per heavy atom. The van der Waals surface area contributed by atoms with Crippen LogP contribution < -0.4 is 10.0 Å². The number of phenols is 1. The van der Waals surface area contributed by atoms with Crippen LogP contribution in [0.15, 0.2) is 18.2 Å². The summed E-state index contributed by atoms with van der Waals surface area (Å²) in [6.07, 6.45) is 1.09. The lowest BCUT2D eigenvalue weighted by Crippen LogP contribution is -2.26. The fourth-order valence-corrected chi connectivity index (χ4v) is 1.72. The highest BCUT2D eigenvalue weighted by atomic mass is 32.2. The molecule has 0 saturated heterocycles. The lowest BCUT2D eigenvalue weighted by atomic mass is 10.1. The number of benzene rings is 1. The molecule has 0 bridgehead atoms. The van der Waals surface area contributed by atoms with E-state index in [0.29, 0.717) is 11.3 Å². The maximum atomic E-state index is 11.3. The first kappa shape index (κ1) is 11.8. The molecule has 0 spiro atoms. The van der Waals surface area contributed by atoms with Gasteiger partial charge in [0.05, 0.1) is 11.9 Å². The first-order chi connectivity index (χ1) is 6.86. The van der Waals surface area contributed by atoms with Crippen LogP contribution in [0.2, 0.25) is 0 Å². The molecule has 15 heavy (non-hydrogen) atoms. The van der Waals surface area contributed by atoms with Crippen LogP contribution >= 0.6 is 0 Å². The van der Waals surface area contributed by atoms with Crippen LogP contribution in [0.3, 0.4) is 0 Å². The molecule has 0 aromatic heterocycles. The minimum absolute atomic E-state index is 0.0118. The SMILES string of the molecule is CN(c1cc(O)ccc1CN)S(C)(=O)=O. The summed E-state index contributed by atoms with van der Waals surface area (Å²) in [6.45, 7) is 0.218. The van der Waals surface area contributed by atoms with Crippen LogP contribution in [0.5, 0.6) is 5.75 Å². The summed E-state index contributed by atoms with van der Waals surface area (Å²) in [5, 5.41) is 9.29. The molecule has 0 heterocycles. The Hall–Kier alpha value is -1.27. The third kappa shape index (κ3) is 2.60. The molecule has 0 unspecified atom stereocenters. The van der Waals surface area contributed by atoms with E-state index >= 15 is 0 Å². The summed E-state index contributed by atoms with van der Waals surface area (Å²) in [4.78, 5) is 0. The highest BCUT2D eigenvalue weighted by molar-refractivity contribution is 7.92. The smallest absolute Gasteiger partial charge is 0.232 e. The van der Waals surface area contributed by atoms with E-state index in [4.69, 9.17) is 5.73 Å². The normalized spacial score (nSPS) is 11.4. The summed E-state index contributed by atoms with van der Waals surface area (Å²) in [5.74, 6) is 0.0118. The molecule has 84 valence electrons. The third-order valence-electron chi connectivity index (χ3n) is 2.13. The van der Waals surface area contributed by atoms with Crippen LogP contribution in [0.4, 0.5) is 5.69 Å². The Labute approximate surface area is 89.2 Å². The molecule has 6 heteroatoms. The third-order valence-corrected chi connectivity index (χ3v) is 3.32. The minimum atomic E-state index is -3.34. The second-order valence-electron chi connectivity index (χ2n) is 3.25. The predicted molar refractivity (Wildman–Crippen MR) is 59.2 cm³/mol. The molecular formula is C9H14N2O3S. The quantitative estimate of drug-likeness (QED) is 0.779. The van der Waals surface area contributed by atoms with Crippen molar-refractivity contribution in [3.63, 3.8) is 0 Å². The summed E-state index contributed by atoms with van der Waals surface area (Å²) >= 11 is 0. The van der Waals surface area contributed by atoms with Gasteiger partial charge in [0, 0.05) is 19.7 Å². The van der Waals surface area contributed by atoms with Crippen LogP contribution in [-0.2, 0) is 16.6 Å². The van der Waals surface area contributed by atoms with E-state index in [2.05, 4.69) is 0 Å². The molecule has 1 aromatic carbocycles. The van der Waals surface area contributed by atoms with Crippen molar-refractivity contribution < 1.29 is 13.5 Å². The van der Waals surface area contributed by atoms with Gasteiger partial charge in [0.1, 0.15) is 5.75 Å². The molecule has 5 nitrogen and oxygen atoms in total. The average Bonchev–Trinajstić information content (AvgIpc) is 2.15. The van der Waals surface area contributed by atoms with E-state index < -0.39 is 10.0 Å². The first-order valence-electron chi connectivity index (χ1n) is 4.32. The zero-order valence-corrected chi connectivity index (χ0v) is 9.45. The van der Waals surface area contributed by atoms with Gasteiger partial charge in [-0.25, -0.2) is 8.42 Å². The van der Waals surface area contributed by atoms with Crippen molar-refractivity contribution in [2.45, 2.75) is 6.54 Å². The molecule has 0 aliphatic rings. The monoisotopic (exact) mass is 230 g/mol. The van der Waals surface area contributed by atoms with E-state index in [1.165, 1.54) is 19.2 Å². The summed E-state index contributed by atoms with van der Waals surface area (Å²) in [7, 11) is -1.92. The van der Waals surface area contributed by atoms with Gasteiger partial charge in [0.15, 0.2) is 0 Å². The molecule has 3 N–H and O–H groups in total. The van der Waals surface area contributed by atoms with E-state index in [9.17, 15) is 13.5 Å². The fourth-order valence-electron chi connectivity index (χ4n) is 1.20. The maximum Gasteiger partial charge on any atom is 0.232 e. The fraction of sp³-hybridized carbons (Fsp3) is 0.333. The van der Waals surface area contributed by atoms with Crippen molar-refractivity contribution in [3.05, 3.63) is 23.8 Å². The van der Waals surface area contributed by atoms with Crippen molar-refractivity contribution in [1.29, 1.82) is 0 Å². The van der Waals surface area contributed by atoms with Crippen molar-refractivity contribution in [3.8, 4) is 5.75 Å². The molecule has 0 amide bonds. The van der Waals surface area contributed by atoms with Crippen LogP contribution in [0, 0.1) is 0 Å². The largest absolute Gasteiger partial charge is 0.508 e. The second-order valence-corrected chi connectivity index (χ2v) is 5.26. The number of nitrogens with two attached hydrogens (primary N) is 1. The van der Waals surface area contributed by atoms with E-state index in [-0.39, 0.29) is 12.3 Å².